The van der Waals surface area contributed by atoms with Crippen LogP contribution in [0.25, 0.3) is 0 Å². The van der Waals surface area contributed by atoms with Gasteiger partial charge in [-0.05, 0) is 19.1 Å². The van der Waals surface area contributed by atoms with Gasteiger partial charge in [0.2, 0.25) is 0 Å². The van der Waals surface area contributed by atoms with E-state index < -0.39 is 5.97 Å². The van der Waals surface area contributed by atoms with Crippen LogP contribution in [-0.4, -0.2) is 30.8 Å². The van der Waals surface area contributed by atoms with Crippen LogP contribution in [0, 0.1) is 0 Å². The molecule has 0 N–H and O–H groups in total. The molecule has 15 heavy (non-hydrogen) atoms. The molecule has 4 nitrogen and oxygen atoms in total. The van der Waals surface area contributed by atoms with E-state index in [0.29, 0.717) is 18.2 Å². The van der Waals surface area contributed by atoms with E-state index in [0.717, 1.165) is 0 Å². The number of aromatic nitrogens is 1. The molecule has 1 aromatic rings. The van der Waals surface area contributed by atoms with Gasteiger partial charge in [0.05, 0.1) is 6.61 Å². The highest BCUT2D eigenvalue weighted by atomic mass is 35.5. The van der Waals surface area contributed by atoms with Crippen LogP contribution in [0.15, 0.2) is 18.3 Å². The van der Waals surface area contributed by atoms with E-state index in [1.54, 1.807) is 6.07 Å². The molecule has 0 bridgehead atoms. The van der Waals surface area contributed by atoms with Crippen molar-refractivity contribution >= 4 is 17.6 Å². The Morgan fingerprint density at radius 3 is 3.00 bits per heavy atom. The van der Waals surface area contributed by atoms with E-state index >= 15 is 0 Å². The molecule has 0 saturated carbocycles. The topological polar surface area (TPSA) is 48.4 Å². The molecule has 1 heterocycles. The summed E-state index contributed by atoms with van der Waals surface area (Å²) in [6, 6.07) is 3.06. The maximum atomic E-state index is 11.4. The van der Waals surface area contributed by atoms with Crippen LogP contribution in [0.4, 0.5) is 0 Å². The first-order valence-corrected chi connectivity index (χ1v) is 4.98. The van der Waals surface area contributed by atoms with E-state index in [-0.39, 0.29) is 12.3 Å². The summed E-state index contributed by atoms with van der Waals surface area (Å²) < 4.78 is 9.92. The van der Waals surface area contributed by atoms with Crippen molar-refractivity contribution in [3.05, 3.63) is 29.0 Å². The van der Waals surface area contributed by atoms with Gasteiger partial charge in [-0.25, -0.2) is 9.78 Å². The smallest absolute Gasteiger partial charge is 0.357 e. The van der Waals surface area contributed by atoms with Gasteiger partial charge in [0.25, 0.3) is 0 Å². The molecule has 82 valence electrons. The summed E-state index contributed by atoms with van der Waals surface area (Å²) in [6.45, 7) is 3.09. The second kappa shape index (κ2) is 6.37. The molecule has 0 unspecified atom stereocenters. The molecule has 1 rings (SSSR count). The molecule has 0 aliphatic carbocycles. The average molecular weight is 230 g/mol. The van der Waals surface area contributed by atoms with Crippen LogP contribution in [0.1, 0.15) is 17.4 Å². The van der Waals surface area contributed by atoms with Crippen LogP contribution >= 0.6 is 11.6 Å². The SMILES string of the molecule is CCOCCOC(=O)c1cc(Cl)ccn1. The molecule has 0 aliphatic heterocycles. The van der Waals surface area contributed by atoms with Crippen molar-refractivity contribution in [2.75, 3.05) is 19.8 Å². The fraction of sp³-hybridized carbons (Fsp3) is 0.400. The van der Waals surface area contributed by atoms with E-state index in [1.807, 2.05) is 6.92 Å². The third-order valence-electron chi connectivity index (χ3n) is 1.60. The molecular weight excluding hydrogens is 218 g/mol. The summed E-state index contributed by atoms with van der Waals surface area (Å²) in [6.07, 6.45) is 1.46. The minimum absolute atomic E-state index is 0.207. The molecule has 0 aromatic carbocycles. The van der Waals surface area contributed by atoms with Crippen molar-refractivity contribution < 1.29 is 14.3 Å². The Morgan fingerprint density at radius 2 is 2.33 bits per heavy atom. The Labute approximate surface area is 93.2 Å². The number of halogens is 1. The van der Waals surface area contributed by atoms with Crippen LogP contribution < -0.4 is 0 Å². The number of nitrogens with zero attached hydrogens (tertiary/aromatic N) is 1. The van der Waals surface area contributed by atoms with Crippen LogP contribution in [0.2, 0.25) is 5.02 Å². The molecule has 0 radical (unpaired) electrons. The third kappa shape index (κ3) is 4.27. The number of pyridine rings is 1. The van der Waals surface area contributed by atoms with Crippen LogP contribution in [0.3, 0.4) is 0 Å². The number of hydrogen-bond donors (Lipinski definition) is 0. The monoisotopic (exact) mass is 229 g/mol. The molecule has 0 aliphatic rings. The quantitative estimate of drug-likeness (QED) is 0.572. The summed E-state index contributed by atoms with van der Waals surface area (Å²) >= 11 is 5.70. The van der Waals surface area contributed by atoms with E-state index in [2.05, 4.69) is 4.98 Å². The number of rotatable bonds is 5. The Hall–Kier alpha value is -1.13. The summed E-state index contributed by atoms with van der Waals surface area (Å²) in [4.78, 5) is 15.2. The van der Waals surface area contributed by atoms with Crippen molar-refractivity contribution in [2.24, 2.45) is 0 Å². The lowest BCUT2D eigenvalue weighted by molar-refractivity contribution is 0.0329. The van der Waals surface area contributed by atoms with Gasteiger partial charge in [-0.3, -0.25) is 0 Å². The molecular formula is C10H12ClNO3. The zero-order chi connectivity index (χ0) is 11.1. The van der Waals surface area contributed by atoms with E-state index in [1.165, 1.54) is 12.3 Å². The van der Waals surface area contributed by atoms with Gasteiger partial charge >= 0.3 is 5.97 Å². The highest BCUT2D eigenvalue weighted by molar-refractivity contribution is 6.30. The van der Waals surface area contributed by atoms with Crippen molar-refractivity contribution in [3.63, 3.8) is 0 Å². The van der Waals surface area contributed by atoms with Gasteiger partial charge in [-0.15, -0.1) is 0 Å². The first-order chi connectivity index (χ1) is 7.24. The predicted molar refractivity (Wildman–Crippen MR) is 56.0 cm³/mol. The lowest BCUT2D eigenvalue weighted by Gasteiger charge is -2.04. The minimum atomic E-state index is -0.489. The first kappa shape index (κ1) is 11.9. The highest BCUT2D eigenvalue weighted by Gasteiger charge is 2.08. The molecule has 0 fully saturated rings. The number of carbonyl (C=O) groups is 1. The minimum Gasteiger partial charge on any atom is -0.459 e. The standard InChI is InChI=1S/C10H12ClNO3/c1-2-14-5-6-15-10(13)9-7-8(11)3-4-12-9/h3-4,7H,2,5-6H2,1H3. The van der Waals surface area contributed by atoms with Crippen molar-refractivity contribution in [3.8, 4) is 0 Å². The van der Waals surface area contributed by atoms with Gasteiger partial charge in [0.1, 0.15) is 12.3 Å². The van der Waals surface area contributed by atoms with Gasteiger partial charge in [-0.2, -0.15) is 0 Å². The van der Waals surface area contributed by atoms with Gasteiger partial charge in [-0.1, -0.05) is 11.6 Å². The zero-order valence-electron chi connectivity index (χ0n) is 8.40. The fourth-order valence-corrected chi connectivity index (χ4v) is 1.09. The number of carbonyl (C=O) groups excluding carboxylic acids is 1. The number of esters is 1. The Bertz CT molecular complexity index is 330. The maximum Gasteiger partial charge on any atom is 0.357 e. The highest BCUT2D eigenvalue weighted by Crippen LogP contribution is 2.08. The second-order valence-electron chi connectivity index (χ2n) is 2.69. The van der Waals surface area contributed by atoms with Crippen molar-refractivity contribution in [1.82, 2.24) is 4.98 Å². The summed E-state index contributed by atoms with van der Waals surface area (Å²) in [5.74, 6) is -0.489. The molecule has 0 spiro atoms. The molecule has 0 amide bonds. The molecule has 0 atom stereocenters. The Balaban J connectivity index is 2.40. The number of hydrogen-bond acceptors (Lipinski definition) is 4. The van der Waals surface area contributed by atoms with Crippen LogP contribution in [0.5, 0.6) is 0 Å². The molecule has 1 aromatic heterocycles. The maximum absolute atomic E-state index is 11.4. The lowest BCUT2D eigenvalue weighted by atomic mass is 10.3. The average Bonchev–Trinajstić information content (AvgIpc) is 2.24. The molecule has 0 saturated heterocycles. The summed E-state index contributed by atoms with van der Waals surface area (Å²) in [5, 5.41) is 0.460. The second-order valence-corrected chi connectivity index (χ2v) is 3.13. The van der Waals surface area contributed by atoms with Gasteiger partial charge in [0, 0.05) is 17.8 Å². The fourth-order valence-electron chi connectivity index (χ4n) is 0.928. The van der Waals surface area contributed by atoms with E-state index in [4.69, 9.17) is 21.1 Å². The van der Waals surface area contributed by atoms with Gasteiger partial charge < -0.3 is 9.47 Å². The van der Waals surface area contributed by atoms with Gasteiger partial charge in [0.15, 0.2) is 0 Å². The Kier molecular flexibility index (Phi) is 5.07. The normalized spacial score (nSPS) is 10.0. The predicted octanol–water partition coefficient (Wildman–Crippen LogP) is 1.93. The zero-order valence-corrected chi connectivity index (χ0v) is 9.16. The first-order valence-electron chi connectivity index (χ1n) is 4.60. The van der Waals surface area contributed by atoms with Crippen molar-refractivity contribution in [1.29, 1.82) is 0 Å². The largest absolute Gasteiger partial charge is 0.459 e. The summed E-state index contributed by atoms with van der Waals surface area (Å²) in [5.41, 5.74) is 0.207. The van der Waals surface area contributed by atoms with Crippen LogP contribution in [-0.2, 0) is 9.47 Å². The molecule has 5 heteroatoms. The third-order valence-corrected chi connectivity index (χ3v) is 1.83. The Morgan fingerprint density at radius 1 is 1.53 bits per heavy atom. The number of ether oxygens (including phenoxy) is 2. The van der Waals surface area contributed by atoms with Crippen molar-refractivity contribution in [2.45, 2.75) is 6.92 Å². The van der Waals surface area contributed by atoms with E-state index in [9.17, 15) is 4.79 Å². The summed E-state index contributed by atoms with van der Waals surface area (Å²) in [7, 11) is 0. The lowest BCUT2D eigenvalue weighted by Crippen LogP contribution is -2.11.